The highest BCUT2D eigenvalue weighted by Gasteiger charge is 2.38. The van der Waals surface area contributed by atoms with Gasteiger partial charge >= 0.3 is 5.03 Å². The van der Waals surface area contributed by atoms with Crippen molar-refractivity contribution < 1.29 is 22.7 Å². The summed E-state index contributed by atoms with van der Waals surface area (Å²) in [6.07, 6.45) is 0.235. The summed E-state index contributed by atoms with van der Waals surface area (Å²) < 4.78 is 34.2. The van der Waals surface area contributed by atoms with E-state index in [1.165, 1.54) is 7.11 Å². The summed E-state index contributed by atoms with van der Waals surface area (Å²) >= 11 is 0. The Bertz CT molecular complexity index is 677. The molecule has 0 bridgehead atoms. The molecule has 0 fully saturated rings. The molecule has 1 unspecified atom stereocenters. The predicted octanol–water partition coefficient (Wildman–Crippen LogP) is 1.13. The lowest BCUT2D eigenvalue weighted by molar-refractivity contribution is -0.793. The van der Waals surface area contributed by atoms with Gasteiger partial charge < -0.3 is 9.94 Å². The van der Waals surface area contributed by atoms with Gasteiger partial charge in [-0.05, 0) is 11.3 Å². The number of sulfone groups is 1. The van der Waals surface area contributed by atoms with Gasteiger partial charge in [0.1, 0.15) is 0 Å². The number of aromatic nitrogens is 2. The van der Waals surface area contributed by atoms with Crippen molar-refractivity contribution in [2.24, 2.45) is 0 Å². The van der Waals surface area contributed by atoms with Gasteiger partial charge in [-0.3, -0.25) is 4.63 Å². The first-order chi connectivity index (χ1) is 9.52. The lowest BCUT2D eigenvalue weighted by Crippen LogP contribution is -2.28. The predicted molar refractivity (Wildman–Crippen MR) is 69.2 cm³/mol. The molecule has 1 aromatic carbocycles. The van der Waals surface area contributed by atoms with Crippen LogP contribution < -0.4 is 4.90 Å². The molecule has 0 saturated heterocycles. The zero-order chi connectivity index (χ0) is 14.8. The third kappa shape index (κ3) is 2.39. The summed E-state index contributed by atoms with van der Waals surface area (Å²) in [5, 5.41) is 14.6. The Morgan fingerprint density at radius 1 is 1.40 bits per heavy atom. The minimum Gasteiger partial charge on any atom is -0.365 e. The number of ether oxygens (including phenoxy) is 1. The maximum atomic E-state index is 12.4. The molecular formula is C12H14N2O5S. The van der Waals surface area contributed by atoms with Crippen molar-refractivity contribution in [1.29, 1.82) is 0 Å². The first-order valence-electron chi connectivity index (χ1n) is 5.94. The van der Waals surface area contributed by atoms with E-state index in [-0.39, 0.29) is 17.0 Å². The Balaban J connectivity index is 2.61. The number of benzene rings is 1. The van der Waals surface area contributed by atoms with Gasteiger partial charge in [0.05, 0.1) is 5.16 Å². The lowest BCUT2D eigenvalue weighted by atomic mass is 10.2. The van der Waals surface area contributed by atoms with E-state index in [1.54, 1.807) is 37.3 Å². The summed E-state index contributed by atoms with van der Waals surface area (Å²) in [5.74, 6) is 0. The molecule has 0 N–H and O–H groups in total. The lowest BCUT2D eigenvalue weighted by Gasteiger charge is -2.10. The highest BCUT2D eigenvalue weighted by atomic mass is 32.2. The van der Waals surface area contributed by atoms with Gasteiger partial charge in [-0.25, -0.2) is 8.42 Å². The van der Waals surface area contributed by atoms with Crippen molar-refractivity contribution in [2.45, 2.75) is 23.8 Å². The maximum absolute atomic E-state index is 12.4. The Morgan fingerprint density at radius 2 is 2.05 bits per heavy atom. The molecule has 0 amide bonds. The van der Waals surface area contributed by atoms with E-state index < -0.39 is 20.3 Å². The Morgan fingerprint density at radius 3 is 2.60 bits per heavy atom. The quantitative estimate of drug-likeness (QED) is 0.768. The van der Waals surface area contributed by atoms with E-state index in [2.05, 4.69) is 9.79 Å². The van der Waals surface area contributed by atoms with Crippen molar-refractivity contribution in [2.75, 3.05) is 7.11 Å². The average molecular weight is 298 g/mol. The molecule has 7 nitrogen and oxygen atoms in total. The van der Waals surface area contributed by atoms with E-state index in [1.807, 2.05) is 0 Å². The first-order valence-corrected chi connectivity index (χ1v) is 7.48. The molecule has 8 heteroatoms. The maximum Gasteiger partial charge on any atom is 0.341 e. The summed E-state index contributed by atoms with van der Waals surface area (Å²) in [6, 6.07) is 8.34. The monoisotopic (exact) mass is 298 g/mol. The second-order valence-corrected chi connectivity index (χ2v) is 6.07. The number of rotatable bonds is 5. The topological polar surface area (TPSA) is 96.3 Å². The Hall–Kier alpha value is -1.93. The summed E-state index contributed by atoms with van der Waals surface area (Å²) in [4.78, 5) is 0.0879. The Kier molecular flexibility index (Phi) is 4.05. The SMILES string of the molecule is CCC(OC)S(=O)(=O)c1no[n+]([O-])c1-c1ccccc1. The number of methoxy groups -OCH3 is 1. The summed E-state index contributed by atoms with van der Waals surface area (Å²) in [7, 11) is -2.62. The van der Waals surface area contributed by atoms with Crippen molar-refractivity contribution in [3.05, 3.63) is 35.5 Å². The molecule has 1 aromatic heterocycles. The van der Waals surface area contributed by atoms with Gasteiger partial charge in [0.2, 0.25) is 5.69 Å². The van der Waals surface area contributed by atoms with E-state index >= 15 is 0 Å². The molecular weight excluding hydrogens is 284 g/mol. The van der Waals surface area contributed by atoms with Crippen molar-refractivity contribution in [3.63, 3.8) is 0 Å². The highest BCUT2D eigenvalue weighted by molar-refractivity contribution is 7.91. The van der Waals surface area contributed by atoms with E-state index in [4.69, 9.17) is 4.74 Å². The van der Waals surface area contributed by atoms with Crippen molar-refractivity contribution in [3.8, 4) is 11.3 Å². The standard InChI is InChI=1S/C12H14N2O5S/c1-3-10(18-2)20(16,17)12-11(14(15)19-13-12)9-7-5-4-6-8-9/h4-8,10H,3H2,1-2H3. The third-order valence-electron chi connectivity index (χ3n) is 2.84. The molecule has 2 aromatic rings. The molecule has 0 aliphatic carbocycles. The van der Waals surface area contributed by atoms with E-state index in [0.29, 0.717) is 5.56 Å². The minimum atomic E-state index is -3.91. The Labute approximate surface area is 116 Å². The van der Waals surface area contributed by atoms with E-state index in [0.717, 1.165) is 0 Å². The van der Waals surface area contributed by atoms with Crippen LogP contribution in [0.3, 0.4) is 0 Å². The van der Waals surface area contributed by atoms with Gasteiger partial charge in [0, 0.05) is 12.7 Å². The van der Waals surface area contributed by atoms with Gasteiger partial charge in [0.25, 0.3) is 9.84 Å². The van der Waals surface area contributed by atoms with Crippen LogP contribution in [0.15, 0.2) is 40.0 Å². The smallest absolute Gasteiger partial charge is 0.341 e. The fourth-order valence-corrected chi connectivity index (χ4v) is 3.43. The van der Waals surface area contributed by atoms with Crippen LogP contribution in [0.1, 0.15) is 13.3 Å². The molecule has 0 spiro atoms. The zero-order valence-corrected chi connectivity index (χ0v) is 11.8. The molecule has 0 saturated carbocycles. The number of hydrogen-bond acceptors (Lipinski definition) is 6. The second-order valence-electron chi connectivity index (χ2n) is 4.07. The fraction of sp³-hybridized carbons (Fsp3) is 0.333. The normalized spacial score (nSPS) is 13.3. The van der Waals surface area contributed by atoms with Crippen LogP contribution in [0, 0.1) is 5.21 Å². The third-order valence-corrected chi connectivity index (χ3v) is 4.87. The van der Waals surface area contributed by atoms with Crippen LogP contribution >= 0.6 is 0 Å². The van der Waals surface area contributed by atoms with Crippen LogP contribution in [-0.2, 0) is 14.6 Å². The van der Waals surface area contributed by atoms with Crippen LogP contribution in [0.25, 0.3) is 11.3 Å². The van der Waals surface area contributed by atoms with E-state index in [9.17, 15) is 13.6 Å². The molecule has 0 aliphatic rings. The minimum absolute atomic E-state index is 0.0879. The van der Waals surface area contributed by atoms with Gasteiger partial charge in [-0.1, -0.05) is 37.3 Å². The van der Waals surface area contributed by atoms with Gasteiger partial charge in [0.15, 0.2) is 5.44 Å². The van der Waals surface area contributed by atoms with Crippen molar-refractivity contribution in [1.82, 2.24) is 5.16 Å². The van der Waals surface area contributed by atoms with Crippen LogP contribution in [-0.4, -0.2) is 26.1 Å². The molecule has 1 atom stereocenters. The summed E-state index contributed by atoms with van der Waals surface area (Å²) in [6.45, 7) is 1.67. The largest absolute Gasteiger partial charge is 0.365 e. The zero-order valence-electron chi connectivity index (χ0n) is 11.0. The van der Waals surface area contributed by atoms with Crippen LogP contribution in [0.5, 0.6) is 0 Å². The molecule has 0 aliphatic heterocycles. The van der Waals surface area contributed by atoms with Gasteiger partial charge in [-0.2, -0.15) is 0 Å². The fourth-order valence-electron chi connectivity index (χ4n) is 1.89. The number of nitrogens with zero attached hydrogens (tertiary/aromatic N) is 2. The van der Waals surface area contributed by atoms with Gasteiger partial charge in [-0.15, -0.1) is 0 Å². The van der Waals surface area contributed by atoms with Crippen LogP contribution in [0.2, 0.25) is 0 Å². The first kappa shape index (κ1) is 14.5. The molecule has 2 rings (SSSR count). The van der Waals surface area contributed by atoms with Crippen LogP contribution in [0.4, 0.5) is 0 Å². The average Bonchev–Trinajstić information content (AvgIpc) is 2.83. The highest BCUT2D eigenvalue weighted by Crippen LogP contribution is 2.26. The molecule has 108 valence electrons. The second kappa shape index (κ2) is 5.59. The van der Waals surface area contributed by atoms with Crippen molar-refractivity contribution >= 4 is 9.84 Å². The molecule has 20 heavy (non-hydrogen) atoms. The molecule has 1 heterocycles. The summed E-state index contributed by atoms with van der Waals surface area (Å²) in [5.41, 5.74) is -0.801. The molecule has 0 radical (unpaired) electrons. The number of hydrogen-bond donors (Lipinski definition) is 0.